The number of benzene rings is 1. The highest BCUT2D eigenvalue weighted by molar-refractivity contribution is 5.31. The van der Waals surface area contributed by atoms with Crippen LogP contribution in [0.5, 0.6) is 0 Å². The normalized spacial score (nSPS) is 14.4. The SMILES string of the molecule is CCN(CCC(C#N)(NC)c1ccccc1)C(C)C. The minimum Gasteiger partial charge on any atom is -0.301 e. The van der Waals surface area contributed by atoms with Gasteiger partial charge in [-0.15, -0.1) is 0 Å². The second-order valence-electron chi connectivity index (χ2n) is 5.11. The highest BCUT2D eigenvalue weighted by Gasteiger charge is 2.30. The van der Waals surface area contributed by atoms with Crippen molar-refractivity contribution in [3.05, 3.63) is 35.9 Å². The van der Waals surface area contributed by atoms with E-state index in [0.29, 0.717) is 6.04 Å². The molecule has 19 heavy (non-hydrogen) atoms. The van der Waals surface area contributed by atoms with Crippen LogP contribution < -0.4 is 5.32 Å². The standard InChI is InChI=1S/C16H25N3/c1-5-19(14(2)3)12-11-16(13-17,18-4)15-9-7-6-8-10-15/h6-10,14,18H,5,11-12H2,1-4H3. The maximum atomic E-state index is 9.62. The first-order chi connectivity index (χ1) is 9.09. The summed E-state index contributed by atoms with van der Waals surface area (Å²) >= 11 is 0. The smallest absolute Gasteiger partial charge is 0.133 e. The lowest BCUT2D eigenvalue weighted by atomic mass is 9.88. The van der Waals surface area contributed by atoms with E-state index in [9.17, 15) is 5.26 Å². The van der Waals surface area contributed by atoms with Gasteiger partial charge in [-0.3, -0.25) is 5.32 Å². The molecule has 0 aliphatic carbocycles. The van der Waals surface area contributed by atoms with Crippen molar-refractivity contribution in [1.29, 1.82) is 5.26 Å². The third kappa shape index (κ3) is 3.79. The van der Waals surface area contributed by atoms with Crippen molar-refractivity contribution in [2.24, 2.45) is 0 Å². The van der Waals surface area contributed by atoms with Crippen molar-refractivity contribution >= 4 is 0 Å². The molecule has 1 unspecified atom stereocenters. The molecule has 0 radical (unpaired) electrons. The van der Waals surface area contributed by atoms with Gasteiger partial charge in [0.25, 0.3) is 0 Å². The van der Waals surface area contributed by atoms with E-state index in [1.165, 1.54) is 0 Å². The van der Waals surface area contributed by atoms with Gasteiger partial charge in [-0.2, -0.15) is 5.26 Å². The first-order valence-corrected chi connectivity index (χ1v) is 6.99. The number of nitrogens with zero attached hydrogens (tertiary/aromatic N) is 2. The second-order valence-corrected chi connectivity index (χ2v) is 5.11. The summed E-state index contributed by atoms with van der Waals surface area (Å²) in [6.45, 7) is 8.48. The molecule has 0 aromatic heterocycles. The van der Waals surface area contributed by atoms with Gasteiger partial charge in [-0.1, -0.05) is 37.3 Å². The van der Waals surface area contributed by atoms with Gasteiger partial charge in [0.05, 0.1) is 6.07 Å². The quantitative estimate of drug-likeness (QED) is 0.818. The summed E-state index contributed by atoms with van der Waals surface area (Å²) in [5.41, 5.74) is 0.448. The van der Waals surface area contributed by atoms with Crippen LogP contribution in [0.25, 0.3) is 0 Å². The van der Waals surface area contributed by atoms with E-state index in [0.717, 1.165) is 25.1 Å². The van der Waals surface area contributed by atoms with E-state index >= 15 is 0 Å². The molecule has 1 N–H and O–H groups in total. The highest BCUT2D eigenvalue weighted by Crippen LogP contribution is 2.24. The molecule has 3 nitrogen and oxygen atoms in total. The van der Waals surface area contributed by atoms with Crippen molar-refractivity contribution in [2.75, 3.05) is 20.1 Å². The molecule has 3 heteroatoms. The molecule has 0 saturated heterocycles. The Labute approximate surface area is 117 Å². The first kappa shape index (κ1) is 15.7. The van der Waals surface area contributed by atoms with Crippen LogP contribution in [-0.4, -0.2) is 31.1 Å². The summed E-state index contributed by atoms with van der Waals surface area (Å²) in [7, 11) is 1.86. The van der Waals surface area contributed by atoms with Crippen molar-refractivity contribution in [1.82, 2.24) is 10.2 Å². The molecule has 0 heterocycles. The molecule has 0 fully saturated rings. The molecule has 0 bridgehead atoms. The van der Waals surface area contributed by atoms with Crippen LogP contribution in [0.1, 0.15) is 32.8 Å². The third-order valence-electron chi connectivity index (χ3n) is 3.79. The van der Waals surface area contributed by atoms with Crippen molar-refractivity contribution in [2.45, 2.75) is 38.8 Å². The molecular weight excluding hydrogens is 234 g/mol. The highest BCUT2D eigenvalue weighted by atomic mass is 15.1. The number of rotatable bonds is 7. The van der Waals surface area contributed by atoms with Gasteiger partial charge >= 0.3 is 0 Å². The fourth-order valence-electron chi connectivity index (χ4n) is 2.41. The molecule has 0 spiro atoms. The van der Waals surface area contributed by atoms with Crippen LogP contribution in [0.2, 0.25) is 0 Å². The van der Waals surface area contributed by atoms with Crippen LogP contribution in [-0.2, 0) is 5.54 Å². The van der Waals surface area contributed by atoms with Crippen LogP contribution in [0.4, 0.5) is 0 Å². The molecule has 0 aliphatic heterocycles. The fraction of sp³-hybridized carbons (Fsp3) is 0.562. The number of hydrogen-bond acceptors (Lipinski definition) is 3. The summed E-state index contributed by atoms with van der Waals surface area (Å²) in [6, 6.07) is 13.0. The molecule has 1 rings (SSSR count). The topological polar surface area (TPSA) is 39.1 Å². The molecule has 0 amide bonds. The van der Waals surface area contributed by atoms with E-state index in [1.807, 2.05) is 37.4 Å². The average molecular weight is 259 g/mol. The Balaban J connectivity index is 2.87. The van der Waals surface area contributed by atoms with Gasteiger partial charge in [-0.25, -0.2) is 0 Å². The van der Waals surface area contributed by atoms with Gasteiger partial charge in [0, 0.05) is 12.6 Å². The molecular formula is C16H25N3. The predicted octanol–water partition coefficient (Wildman–Crippen LogP) is 2.75. The van der Waals surface area contributed by atoms with Gasteiger partial charge in [0.2, 0.25) is 0 Å². The Kier molecular flexibility index (Phi) is 6.01. The van der Waals surface area contributed by atoms with Crippen LogP contribution >= 0.6 is 0 Å². The van der Waals surface area contributed by atoms with E-state index in [1.54, 1.807) is 0 Å². The van der Waals surface area contributed by atoms with Crippen molar-refractivity contribution in [3.63, 3.8) is 0 Å². The zero-order valence-electron chi connectivity index (χ0n) is 12.5. The maximum absolute atomic E-state index is 9.62. The van der Waals surface area contributed by atoms with E-state index < -0.39 is 5.54 Å². The molecule has 1 aromatic carbocycles. The fourth-order valence-corrected chi connectivity index (χ4v) is 2.41. The average Bonchev–Trinajstić information content (AvgIpc) is 2.45. The zero-order valence-corrected chi connectivity index (χ0v) is 12.5. The summed E-state index contributed by atoms with van der Waals surface area (Å²) < 4.78 is 0. The minimum absolute atomic E-state index is 0.508. The summed E-state index contributed by atoms with van der Waals surface area (Å²) in [4.78, 5) is 2.38. The Morgan fingerprint density at radius 3 is 2.37 bits per heavy atom. The Hall–Kier alpha value is -1.37. The van der Waals surface area contributed by atoms with E-state index in [4.69, 9.17) is 0 Å². The third-order valence-corrected chi connectivity index (χ3v) is 3.79. The lowest BCUT2D eigenvalue weighted by Gasteiger charge is -2.31. The Morgan fingerprint density at radius 1 is 1.32 bits per heavy atom. The van der Waals surface area contributed by atoms with Crippen LogP contribution in [0.3, 0.4) is 0 Å². The van der Waals surface area contributed by atoms with E-state index in [2.05, 4.69) is 37.1 Å². The lowest BCUT2D eigenvalue weighted by molar-refractivity contribution is 0.210. The molecule has 1 atom stereocenters. The van der Waals surface area contributed by atoms with Gasteiger partial charge in [0.15, 0.2) is 0 Å². The first-order valence-electron chi connectivity index (χ1n) is 6.99. The van der Waals surface area contributed by atoms with Crippen molar-refractivity contribution < 1.29 is 0 Å². The summed E-state index contributed by atoms with van der Waals surface area (Å²) in [5.74, 6) is 0. The zero-order chi connectivity index (χ0) is 14.3. The van der Waals surface area contributed by atoms with Gasteiger partial charge in [0.1, 0.15) is 5.54 Å². The summed E-state index contributed by atoms with van der Waals surface area (Å²) in [6.07, 6.45) is 0.788. The monoisotopic (exact) mass is 259 g/mol. The van der Waals surface area contributed by atoms with Crippen molar-refractivity contribution in [3.8, 4) is 6.07 Å². The van der Waals surface area contributed by atoms with E-state index in [-0.39, 0.29) is 0 Å². The second kappa shape index (κ2) is 7.28. The maximum Gasteiger partial charge on any atom is 0.133 e. The Morgan fingerprint density at radius 2 is 1.95 bits per heavy atom. The number of nitrogens with one attached hydrogen (secondary N) is 1. The van der Waals surface area contributed by atoms with Gasteiger partial charge in [-0.05, 0) is 39.4 Å². The number of nitriles is 1. The molecule has 104 valence electrons. The minimum atomic E-state index is -0.594. The van der Waals surface area contributed by atoms with Crippen LogP contribution in [0.15, 0.2) is 30.3 Å². The lowest BCUT2D eigenvalue weighted by Crippen LogP contribution is -2.43. The predicted molar refractivity (Wildman–Crippen MR) is 79.8 cm³/mol. The molecule has 1 aromatic rings. The largest absolute Gasteiger partial charge is 0.301 e. The van der Waals surface area contributed by atoms with Gasteiger partial charge < -0.3 is 4.90 Å². The molecule has 0 aliphatic rings. The number of hydrogen-bond donors (Lipinski definition) is 1. The summed E-state index contributed by atoms with van der Waals surface area (Å²) in [5, 5.41) is 12.8. The molecule has 0 saturated carbocycles. The Bertz CT molecular complexity index is 408. The van der Waals surface area contributed by atoms with Crippen LogP contribution in [0, 0.1) is 11.3 Å².